The van der Waals surface area contributed by atoms with Gasteiger partial charge in [0, 0.05) is 18.3 Å². The Labute approximate surface area is 150 Å². The largest absolute Gasteiger partial charge is 0.489 e. The van der Waals surface area contributed by atoms with Crippen LogP contribution in [0, 0.1) is 0 Å². The lowest BCUT2D eigenvalue weighted by atomic mass is 10.1. The Morgan fingerprint density at radius 2 is 2.12 bits per heavy atom. The summed E-state index contributed by atoms with van der Waals surface area (Å²) in [6, 6.07) is 12.6. The van der Waals surface area contributed by atoms with Crippen molar-refractivity contribution in [3.8, 4) is 17.2 Å². The Hall–Kier alpha value is -2.77. The average molecular weight is 356 g/mol. The van der Waals surface area contributed by atoms with E-state index in [0.29, 0.717) is 42.5 Å². The number of benzene rings is 2. The van der Waals surface area contributed by atoms with Crippen LogP contribution in [0.3, 0.4) is 0 Å². The van der Waals surface area contributed by atoms with Gasteiger partial charge in [0.05, 0.1) is 12.1 Å². The molecule has 26 heavy (non-hydrogen) atoms. The highest BCUT2D eigenvalue weighted by molar-refractivity contribution is 5.95. The number of rotatable bonds is 5. The molecule has 4 rings (SSSR count). The molecule has 1 fully saturated rings. The minimum atomic E-state index is -0.466. The summed E-state index contributed by atoms with van der Waals surface area (Å²) in [5, 5.41) is 15.4. The number of β-amino-alcohol motifs (C(OH)–C–C–N with tert-alkyl or cyclic N) is 1. The van der Waals surface area contributed by atoms with Crippen molar-refractivity contribution >= 4 is 11.6 Å². The number of aliphatic hydroxyl groups excluding tert-OH is 1. The molecule has 136 valence electrons. The SMILES string of the molecule is O=C(Nc1cccc(COc2ccc3c(c2)OCO3)c1)C1CC(O)CN1. The zero-order valence-corrected chi connectivity index (χ0v) is 14.1. The van der Waals surface area contributed by atoms with Crippen LogP contribution in [0.15, 0.2) is 42.5 Å². The van der Waals surface area contributed by atoms with E-state index in [1.165, 1.54) is 0 Å². The summed E-state index contributed by atoms with van der Waals surface area (Å²) in [5.74, 6) is 1.94. The van der Waals surface area contributed by atoms with Crippen molar-refractivity contribution in [2.24, 2.45) is 0 Å². The number of ether oxygens (including phenoxy) is 3. The van der Waals surface area contributed by atoms with Gasteiger partial charge in [0.1, 0.15) is 12.4 Å². The highest BCUT2D eigenvalue weighted by atomic mass is 16.7. The fraction of sp³-hybridized carbons (Fsp3) is 0.316. The second kappa shape index (κ2) is 7.23. The van der Waals surface area contributed by atoms with Gasteiger partial charge >= 0.3 is 0 Å². The topological polar surface area (TPSA) is 89.1 Å². The molecule has 0 spiro atoms. The number of amides is 1. The normalized spacial score (nSPS) is 20.8. The molecule has 2 heterocycles. The first kappa shape index (κ1) is 16.7. The second-order valence-electron chi connectivity index (χ2n) is 6.34. The highest BCUT2D eigenvalue weighted by Crippen LogP contribution is 2.35. The van der Waals surface area contributed by atoms with Crippen molar-refractivity contribution in [1.29, 1.82) is 0 Å². The number of nitrogens with one attached hydrogen (secondary N) is 2. The van der Waals surface area contributed by atoms with E-state index >= 15 is 0 Å². The molecule has 0 aliphatic carbocycles. The standard InChI is InChI=1S/C19H20N2O5/c22-14-7-16(20-9-14)19(23)21-13-3-1-2-12(6-13)10-24-15-4-5-17-18(8-15)26-11-25-17/h1-6,8,14,16,20,22H,7,9-11H2,(H,21,23). The van der Waals surface area contributed by atoms with Crippen LogP contribution in [-0.4, -0.2) is 36.5 Å². The van der Waals surface area contributed by atoms with Gasteiger partial charge in [-0.15, -0.1) is 0 Å². The van der Waals surface area contributed by atoms with Gasteiger partial charge in [-0.25, -0.2) is 0 Å². The Morgan fingerprint density at radius 3 is 2.96 bits per heavy atom. The van der Waals surface area contributed by atoms with E-state index < -0.39 is 6.10 Å². The molecule has 2 unspecified atom stereocenters. The Morgan fingerprint density at radius 1 is 1.23 bits per heavy atom. The predicted molar refractivity (Wildman–Crippen MR) is 94.4 cm³/mol. The van der Waals surface area contributed by atoms with E-state index in [1.807, 2.05) is 36.4 Å². The molecule has 2 atom stereocenters. The lowest BCUT2D eigenvalue weighted by Gasteiger charge is -2.12. The molecular formula is C19H20N2O5. The molecule has 0 bridgehead atoms. The van der Waals surface area contributed by atoms with E-state index in [4.69, 9.17) is 14.2 Å². The van der Waals surface area contributed by atoms with E-state index in [9.17, 15) is 9.90 Å². The lowest BCUT2D eigenvalue weighted by molar-refractivity contribution is -0.117. The van der Waals surface area contributed by atoms with Crippen LogP contribution in [-0.2, 0) is 11.4 Å². The van der Waals surface area contributed by atoms with Gasteiger partial charge in [0.25, 0.3) is 0 Å². The van der Waals surface area contributed by atoms with Crippen LogP contribution in [0.1, 0.15) is 12.0 Å². The van der Waals surface area contributed by atoms with Gasteiger partial charge < -0.3 is 30.0 Å². The quantitative estimate of drug-likeness (QED) is 0.755. The molecule has 2 aliphatic heterocycles. The van der Waals surface area contributed by atoms with Crippen LogP contribution in [0.5, 0.6) is 17.2 Å². The average Bonchev–Trinajstić information content (AvgIpc) is 3.28. The zero-order valence-electron chi connectivity index (χ0n) is 14.1. The zero-order chi connectivity index (χ0) is 17.9. The summed E-state index contributed by atoms with van der Waals surface area (Å²) < 4.78 is 16.4. The van der Waals surface area contributed by atoms with E-state index in [-0.39, 0.29) is 18.7 Å². The lowest BCUT2D eigenvalue weighted by Crippen LogP contribution is -2.35. The van der Waals surface area contributed by atoms with E-state index in [0.717, 1.165) is 5.56 Å². The number of hydrogen-bond acceptors (Lipinski definition) is 6. The Bertz CT molecular complexity index is 810. The number of aliphatic hydroxyl groups is 1. The maximum atomic E-state index is 12.2. The van der Waals surface area contributed by atoms with Crippen molar-refractivity contribution in [1.82, 2.24) is 5.32 Å². The molecule has 2 aromatic rings. The first-order chi connectivity index (χ1) is 12.7. The molecule has 1 saturated heterocycles. The van der Waals surface area contributed by atoms with Gasteiger partial charge in [0.2, 0.25) is 12.7 Å². The van der Waals surface area contributed by atoms with Crippen molar-refractivity contribution in [3.63, 3.8) is 0 Å². The van der Waals surface area contributed by atoms with Gasteiger partial charge in [0.15, 0.2) is 11.5 Å². The molecule has 0 aromatic heterocycles. The van der Waals surface area contributed by atoms with Gasteiger partial charge in [-0.2, -0.15) is 0 Å². The summed E-state index contributed by atoms with van der Waals surface area (Å²) in [6.07, 6.45) is -0.0363. The molecule has 0 saturated carbocycles. The molecule has 7 nitrogen and oxygen atoms in total. The third-order valence-electron chi connectivity index (χ3n) is 4.37. The maximum Gasteiger partial charge on any atom is 0.241 e. The summed E-state index contributed by atoms with van der Waals surface area (Å²) in [4.78, 5) is 12.2. The number of carbonyl (C=O) groups excluding carboxylic acids is 1. The van der Waals surface area contributed by atoms with Crippen LogP contribution in [0.25, 0.3) is 0 Å². The predicted octanol–water partition coefficient (Wildman–Crippen LogP) is 1.66. The summed E-state index contributed by atoms with van der Waals surface area (Å²) in [5.41, 5.74) is 1.63. The minimum absolute atomic E-state index is 0.143. The van der Waals surface area contributed by atoms with Gasteiger partial charge in [-0.1, -0.05) is 12.1 Å². The van der Waals surface area contributed by atoms with Crippen molar-refractivity contribution in [3.05, 3.63) is 48.0 Å². The van der Waals surface area contributed by atoms with Crippen LogP contribution in [0.2, 0.25) is 0 Å². The van der Waals surface area contributed by atoms with E-state index in [2.05, 4.69) is 10.6 Å². The number of hydrogen-bond donors (Lipinski definition) is 3. The molecule has 2 aliphatic rings. The van der Waals surface area contributed by atoms with Crippen molar-refractivity contribution < 1.29 is 24.1 Å². The summed E-state index contributed by atoms with van der Waals surface area (Å²) in [6.45, 7) is 1.04. The first-order valence-electron chi connectivity index (χ1n) is 8.51. The molecular weight excluding hydrogens is 336 g/mol. The number of anilines is 1. The Kier molecular flexibility index (Phi) is 4.64. The second-order valence-corrected chi connectivity index (χ2v) is 6.34. The van der Waals surface area contributed by atoms with Crippen LogP contribution >= 0.6 is 0 Å². The molecule has 3 N–H and O–H groups in total. The minimum Gasteiger partial charge on any atom is -0.489 e. The summed E-state index contributed by atoms with van der Waals surface area (Å²) in [7, 11) is 0. The maximum absolute atomic E-state index is 12.2. The van der Waals surface area contributed by atoms with Crippen molar-refractivity contribution in [2.45, 2.75) is 25.2 Å². The third kappa shape index (κ3) is 3.74. The smallest absolute Gasteiger partial charge is 0.241 e. The fourth-order valence-electron chi connectivity index (χ4n) is 3.02. The van der Waals surface area contributed by atoms with Crippen molar-refractivity contribution in [2.75, 3.05) is 18.7 Å². The van der Waals surface area contributed by atoms with Crippen LogP contribution in [0.4, 0.5) is 5.69 Å². The van der Waals surface area contributed by atoms with Gasteiger partial charge in [-0.05, 0) is 36.2 Å². The molecule has 7 heteroatoms. The third-order valence-corrected chi connectivity index (χ3v) is 4.37. The highest BCUT2D eigenvalue weighted by Gasteiger charge is 2.27. The van der Waals surface area contributed by atoms with E-state index in [1.54, 1.807) is 6.07 Å². The monoisotopic (exact) mass is 356 g/mol. The van der Waals surface area contributed by atoms with Crippen LogP contribution < -0.4 is 24.8 Å². The summed E-state index contributed by atoms with van der Waals surface area (Å²) >= 11 is 0. The molecule has 1 amide bonds. The fourth-order valence-corrected chi connectivity index (χ4v) is 3.02. The number of carbonyl (C=O) groups is 1. The molecule has 2 aromatic carbocycles. The van der Waals surface area contributed by atoms with Gasteiger partial charge in [-0.3, -0.25) is 4.79 Å². The Balaban J connectivity index is 1.36. The first-order valence-corrected chi connectivity index (χ1v) is 8.51. The number of fused-ring (bicyclic) bond motifs is 1. The molecule has 0 radical (unpaired) electrons.